The van der Waals surface area contributed by atoms with Gasteiger partial charge in [-0.25, -0.2) is 4.79 Å². The molecule has 0 spiro atoms. The molecule has 0 aliphatic rings. The molecule has 0 heterocycles. The molecule has 2 aromatic rings. The van der Waals surface area contributed by atoms with E-state index in [0.29, 0.717) is 24.5 Å². The fraction of sp³-hybridized carbons (Fsp3) is 0.235. The van der Waals surface area contributed by atoms with Gasteiger partial charge in [-0.15, -0.1) is 0 Å². The molecule has 0 unspecified atom stereocenters. The molecule has 4 heteroatoms. The maximum Gasteiger partial charge on any atom is 0.342 e. The van der Waals surface area contributed by atoms with Crippen molar-refractivity contribution in [1.82, 2.24) is 0 Å². The zero-order valence-corrected chi connectivity index (χ0v) is 12.0. The molecule has 0 fully saturated rings. The number of methoxy groups -OCH3 is 1. The number of carbonyl (C=O) groups excluding carboxylic acids is 1. The number of hydrogen-bond acceptors (Lipinski definition) is 4. The number of hydrogen-bond donors (Lipinski definition) is 0. The van der Waals surface area contributed by atoms with Crippen molar-refractivity contribution in [2.24, 2.45) is 0 Å². The van der Waals surface area contributed by atoms with E-state index in [-0.39, 0.29) is 6.61 Å². The number of benzene rings is 2. The van der Waals surface area contributed by atoms with Crippen LogP contribution in [0.1, 0.15) is 15.9 Å². The Kier molecular flexibility index (Phi) is 5.79. The summed E-state index contributed by atoms with van der Waals surface area (Å²) in [6.07, 6.45) is 0. The average Bonchev–Trinajstić information content (AvgIpc) is 2.54. The molecule has 2 aromatic carbocycles. The molecule has 0 N–H and O–H groups in total. The highest BCUT2D eigenvalue weighted by atomic mass is 16.5. The Morgan fingerprint density at radius 3 is 2.43 bits per heavy atom. The number of rotatable bonds is 7. The first-order chi connectivity index (χ1) is 10.3. The molecule has 0 saturated heterocycles. The maximum absolute atomic E-state index is 12.1. The second-order valence-corrected chi connectivity index (χ2v) is 4.40. The molecule has 110 valence electrons. The van der Waals surface area contributed by atoms with Crippen LogP contribution in [-0.2, 0) is 16.1 Å². The molecule has 0 bridgehead atoms. The lowest BCUT2D eigenvalue weighted by Gasteiger charge is -2.11. The van der Waals surface area contributed by atoms with Gasteiger partial charge >= 0.3 is 5.97 Å². The van der Waals surface area contributed by atoms with Gasteiger partial charge in [0.15, 0.2) is 0 Å². The Labute approximate surface area is 124 Å². The molecule has 0 radical (unpaired) electrons. The van der Waals surface area contributed by atoms with Crippen molar-refractivity contribution in [3.8, 4) is 5.75 Å². The smallest absolute Gasteiger partial charge is 0.342 e. The van der Waals surface area contributed by atoms with Crippen LogP contribution in [0.3, 0.4) is 0 Å². The lowest BCUT2D eigenvalue weighted by Crippen LogP contribution is -2.10. The van der Waals surface area contributed by atoms with Crippen molar-refractivity contribution in [3.05, 3.63) is 65.7 Å². The van der Waals surface area contributed by atoms with Crippen LogP contribution < -0.4 is 4.74 Å². The first-order valence-electron chi connectivity index (χ1n) is 6.73. The largest absolute Gasteiger partial charge is 0.490 e. The average molecular weight is 286 g/mol. The molecule has 21 heavy (non-hydrogen) atoms. The number of esters is 1. The zero-order valence-electron chi connectivity index (χ0n) is 12.0. The van der Waals surface area contributed by atoms with Crippen molar-refractivity contribution < 1.29 is 19.0 Å². The van der Waals surface area contributed by atoms with Gasteiger partial charge in [-0.2, -0.15) is 0 Å². The molecule has 0 atom stereocenters. The predicted molar refractivity (Wildman–Crippen MR) is 79.4 cm³/mol. The van der Waals surface area contributed by atoms with Gasteiger partial charge in [-0.05, 0) is 17.7 Å². The maximum atomic E-state index is 12.1. The van der Waals surface area contributed by atoms with Crippen LogP contribution in [0.5, 0.6) is 5.75 Å². The molecular weight excluding hydrogens is 268 g/mol. The summed E-state index contributed by atoms with van der Waals surface area (Å²) in [7, 11) is 1.60. The van der Waals surface area contributed by atoms with Crippen LogP contribution in [0.2, 0.25) is 0 Å². The third-order valence-corrected chi connectivity index (χ3v) is 2.86. The zero-order chi connectivity index (χ0) is 14.9. The summed E-state index contributed by atoms with van der Waals surface area (Å²) < 4.78 is 15.8. The van der Waals surface area contributed by atoms with Crippen LogP contribution in [-0.4, -0.2) is 26.3 Å². The van der Waals surface area contributed by atoms with Crippen LogP contribution in [0.25, 0.3) is 0 Å². The van der Waals surface area contributed by atoms with Crippen molar-refractivity contribution >= 4 is 5.97 Å². The topological polar surface area (TPSA) is 44.8 Å². The predicted octanol–water partition coefficient (Wildman–Crippen LogP) is 3.07. The molecule has 2 rings (SSSR count). The highest BCUT2D eigenvalue weighted by molar-refractivity contribution is 5.92. The van der Waals surface area contributed by atoms with Crippen LogP contribution in [0, 0.1) is 0 Å². The van der Waals surface area contributed by atoms with E-state index in [2.05, 4.69) is 0 Å². The minimum Gasteiger partial charge on any atom is -0.490 e. The summed E-state index contributed by atoms with van der Waals surface area (Å²) in [5.41, 5.74) is 1.37. The van der Waals surface area contributed by atoms with Crippen molar-refractivity contribution in [2.45, 2.75) is 6.61 Å². The third kappa shape index (κ3) is 4.61. The summed E-state index contributed by atoms with van der Waals surface area (Å²) >= 11 is 0. The summed E-state index contributed by atoms with van der Waals surface area (Å²) in [5, 5.41) is 0. The Hall–Kier alpha value is -2.33. The van der Waals surface area contributed by atoms with E-state index in [9.17, 15) is 4.79 Å². The third-order valence-electron chi connectivity index (χ3n) is 2.86. The molecule has 0 amide bonds. The lowest BCUT2D eigenvalue weighted by atomic mass is 10.2. The minimum absolute atomic E-state index is 0.242. The van der Waals surface area contributed by atoms with E-state index >= 15 is 0 Å². The fourth-order valence-corrected chi connectivity index (χ4v) is 1.80. The first kappa shape index (κ1) is 15.1. The first-order valence-corrected chi connectivity index (χ1v) is 6.73. The number of para-hydroxylation sites is 1. The van der Waals surface area contributed by atoms with E-state index in [1.54, 1.807) is 25.3 Å². The van der Waals surface area contributed by atoms with Gasteiger partial charge in [0.1, 0.15) is 24.5 Å². The normalized spacial score (nSPS) is 10.1. The Morgan fingerprint density at radius 1 is 0.952 bits per heavy atom. The monoisotopic (exact) mass is 286 g/mol. The van der Waals surface area contributed by atoms with Gasteiger partial charge in [0.25, 0.3) is 0 Å². The van der Waals surface area contributed by atoms with Gasteiger partial charge in [-0.3, -0.25) is 0 Å². The van der Waals surface area contributed by atoms with Crippen LogP contribution >= 0.6 is 0 Å². The Balaban J connectivity index is 1.98. The van der Waals surface area contributed by atoms with Gasteiger partial charge in [-0.1, -0.05) is 42.5 Å². The van der Waals surface area contributed by atoms with E-state index in [4.69, 9.17) is 14.2 Å². The van der Waals surface area contributed by atoms with E-state index < -0.39 is 5.97 Å². The second-order valence-electron chi connectivity index (χ2n) is 4.40. The summed E-state index contributed by atoms with van der Waals surface area (Å²) in [5.74, 6) is 0.111. The summed E-state index contributed by atoms with van der Waals surface area (Å²) in [6.45, 7) is 1.10. The Morgan fingerprint density at radius 2 is 1.67 bits per heavy atom. The summed E-state index contributed by atoms with van der Waals surface area (Å²) in [4.78, 5) is 12.1. The standard InChI is InChI=1S/C17H18O4/c1-19-11-12-20-16-10-6-5-9-15(16)17(18)21-13-14-7-3-2-4-8-14/h2-10H,11-13H2,1H3. The molecule has 0 aliphatic heterocycles. The molecule has 0 aliphatic carbocycles. The lowest BCUT2D eigenvalue weighted by molar-refractivity contribution is 0.0466. The van der Waals surface area contributed by atoms with Crippen molar-refractivity contribution in [3.63, 3.8) is 0 Å². The van der Waals surface area contributed by atoms with Gasteiger partial charge in [0, 0.05) is 7.11 Å². The van der Waals surface area contributed by atoms with Gasteiger partial charge in [0.2, 0.25) is 0 Å². The SMILES string of the molecule is COCCOc1ccccc1C(=O)OCc1ccccc1. The molecule has 0 aromatic heterocycles. The highest BCUT2D eigenvalue weighted by Crippen LogP contribution is 2.19. The van der Waals surface area contributed by atoms with Crippen molar-refractivity contribution in [2.75, 3.05) is 20.3 Å². The van der Waals surface area contributed by atoms with Crippen molar-refractivity contribution in [1.29, 1.82) is 0 Å². The van der Waals surface area contributed by atoms with E-state index in [1.165, 1.54) is 0 Å². The number of carbonyl (C=O) groups is 1. The van der Waals surface area contributed by atoms with Gasteiger partial charge < -0.3 is 14.2 Å². The van der Waals surface area contributed by atoms with E-state index in [1.807, 2.05) is 36.4 Å². The molecule has 4 nitrogen and oxygen atoms in total. The van der Waals surface area contributed by atoms with E-state index in [0.717, 1.165) is 5.56 Å². The molecular formula is C17H18O4. The van der Waals surface area contributed by atoms with Crippen LogP contribution in [0.15, 0.2) is 54.6 Å². The molecule has 0 saturated carbocycles. The van der Waals surface area contributed by atoms with Gasteiger partial charge in [0.05, 0.1) is 6.61 Å². The summed E-state index contributed by atoms with van der Waals surface area (Å²) in [6, 6.07) is 16.6. The van der Waals surface area contributed by atoms with Crippen LogP contribution in [0.4, 0.5) is 0 Å². The highest BCUT2D eigenvalue weighted by Gasteiger charge is 2.13. The fourth-order valence-electron chi connectivity index (χ4n) is 1.80. The number of ether oxygens (including phenoxy) is 3. The Bertz CT molecular complexity index is 566. The quantitative estimate of drug-likeness (QED) is 0.579. The minimum atomic E-state index is -0.396. The second kappa shape index (κ2) is 8.07.